The van der Waals surface area contributed by atoms with E-state index < -0.39 is 0 Å². The van der Waals surface area contributed by atoms with Crippen LogP contribution in [0.15, 0.2) is 23.5 Å². The topological polar surface area (TPSA) is 20.2 Å². The number of aliphatic hydroxyl groups is 1. The summed E-state index contributed by atoms with van der Waals surface area (Å²) in [5, 5.41) is 8.84. The van der Waals surface area contributed by atoms with Crippen LogP contribution in [0.1, 0.15) is 27.2 Å². The van der Waals surface area contributed by atoms with Crippen LogP contribution in [-0.2, 0) is 0 Å². The molecule has 0 saturated carbocycles. The van der Waals surface area contributed by atoms with Gasteiger partial charge in [0.15, 0.2) is 0 Å². The lowest BCUT2D eigenvalue weighted by molar-refractivity contribution is 0.386. The molecule has 0 atom stereocenters. The van der Waals surface area contributed by atoms with Crippen molar-refractivity contribution in [2.75, 3.05) is 0 Å². The van der Waals surface area contributed by atoms with Crippen LogP contribution in [0.2, 0.25) is 0 Å². The van der Waals surface area contributed by atoms with Gasteiger partial charge in [0.25, 0.3) is 0 Å². The van der Waals surface area contributed by atoms with Gasteiger partial charge in [-0.15, -0.1) is 0 Å². The Morgan fingerprint density at radius 1 is 1.33 bits per heavy atom. The van der Waals surface area contributed by atoms with E-state index in [-0.39, 0.29) is 7.43 Å². The minimum absolute atomic E-state index is 0. The first-order valence-electron chi connectivity index (χ1n) is 2.84. The summed E-state index contributed by atoms with van der Waals surface area (Å²) in [6, 6.07) is 0. The number of aliphatic hydroxyl groups excluding tert-OH is 1. The van der Waals surface area contributed by atoms with E-state index in [1.807, 2.05) is 6.08 Å². The molecular weight excluding hydrogens is 112 g/mol. The van der Waals surface area contributed by atoms with E-state index in [1.165, 1.54) is 5.57 Å². The van der Waals surface area contributed by atoms with Crippen molar-refractivity contribution >= 4 is 0 Å². The molecule has 1 aliphatic rings. The van der Waals surface area contributed by atoms with Gasteiger partial charge in [-0.05, 0) is 19.4 Å². The molecule has 0 amide bonds. The van der Waals surface area contributed by atoms with Gasteiger partial charge in [0.2, 0.25) is 0 Å². The fourth-order valence-corrected chi connectivity index (χ4v) is 0.730. The maximum atomic E-state index is 8.84. The smallest absolute Gasteiger partial charge is 0.0925 e. The Hall–Kier alpha value is -0.720. The van der Waals surface area contributed by atoms with Crippen LogP contribution in [0, 0.1) is 0 Å². The van der Waals surface area contributed by atoms with Gasteiger partial charge in [0, 0.05) is 6.42 Å². The fourth-order valence-electron chi connectivity index (χ4n) is 0.730. The van der Waals surface area contributed by atoms with E-state index in [0.29, 0.717) is 5.76 Å². The highest BCUT2D eigenvalue weighted by molar-refractivity contribution is 5.18. The molecule has 1 rings (SSSR count). The largest absolute Gasteiger partial charge is 0.512 e. The number of allylic oxidation sites excluding steroid dienone is 4. The Morgan fingerprint density at radius 2 is 2.00 bits per heavy atom. The molecule has 0 fully saturated rings. The highest BCUT2D eigenvalue weighted by atomic mass is 16.3. The Kier molecular flexibility index (Phi) is 3.07. The van der Waals surface area contributed by atoms with E-state index in [4.69, 9.17) is 5.11 Å². The zero-order valence-electron chi connectivity index (χ0n) is 5.02. The molecule has 1 heteroatoms. The average molecular weight is 126 g/mol. The molecule has 52 valence electrons. The van der Waals surface area contributed by atoms with Crippen molar-refractivity contribution in [1.82, 2.24) is 0 Å². The zero-order valence-corrected chi connectivity index (χ0v) is 5.02. The molecular formula is C8H14O. The summed E-state index contributed by atoms with van der Waals surface area (Å²) in [5.41, 5.74) is 1.35. The fraction of sp³-hybridized carbons (Fsp3) is 0.500. The van der Waals surface area contributed by atoms with Gasteiger partial charge in [0.1, 0.15) is 0 Å². The van der Waals surface area contributed by atoms with E-state index in [0.717, 1.165) is 12.8 Å². The first kappa shape index (κ1) is 8.28. The lowest BCUT2D eigenvalue weighted by Crippen LogP contribution is -1.88. The summed E-state index contributed by atoms with van der Waals surface area (Å²) in [6.07, 6.45) is 5.56. The molecule has 0 aromatic carbocycles. The molecule has 1 N–H and O–H groups in total. The molecule has 9 heavy (non-hydrogen) atoms. The van der Waals surface area contributed by atoms with Crippen molar-refractivity contribution in [3.05, 3.63) is 23.5 Å². The molecule has 0 saturated heterocycles. The van der Waals surface area contributed by atoms with E-state index in [1.54, 1.807) is 6.08 Å². The second-order valence-electron chi connectivity index (χ2n) is 2.17. The average Bonchev–Trinajstić information content (AvgIpc) is 1.77. The first-order valence-corrected chi connectivity index (χ1v) is 2.84. The monoisotopic (exact) mass is 126 g/mol. The molecule has 0 bridgehead atoms. The van der Waals surface area contributed by atoms with Gasteiger partial charge in [-0.2, -0.15) is 0 Å². The first-order chi connectivity index (χ1) is 3.79. The van der Waals surface area contributed by atoms with E-state index in [2.05, 4.69) is 6.92 Å². The third-order valence-corrected chi connectivity index (χ3v) is 1.34. The summed E-state index contributed by atoms with van der Waals surface area (Å²) in [6.45, 7) is 2.07. The van der Waals surface area contributed by atoms with Gasteiger partial charge >= 0.3 is 0 Å². The second kappa shape index (κ2) is 3.33. The molecule has 0 aromatic rings. The predicted molar refractivity (Wildman–Crippen MR) is 40.4 cm³/mol. The van der Waals surface area contributed by atoms with Crippen molar-refractivity contribution in [3.63, 3.8) is 0 Å². The minimum atomic E-state index is 0. The predicted octanol–water partition coefficient (Wildman–Crippen LogP) is 2.80. The SMILES string of the molecule is C.CC1=CC=C(O)CC1. The highest BCUT2D eigenvalue weighted by Gasteiger charge is 1.98. The van der Waals surface area contributed by atoms with Crippen molar-refractivity contribution < 1.29 is 5.11 Å². The second-order valence-corrected chi connectivity index (χ2v) is 2.17. The Balaban J connectivity index is 0.000000640. The zero-order chi connectivity index (χ0) is 5.98. The molecule has 0 aliphatic heterocycles. The van der Waals surface area contributed by atoms with E-state index in [9.17, 15) is 0 Å². The van der Waals surface area contributed by atoms with Gasteiger partial charge in [-0.1, -0.05) is 19.1 Å². The number of hydrogen-bond acceptors (Lipinski definition) is 1. The normalized spacial score (nSPS) is 17.4. The quantitative estimate of drug-likeness (QED) is 0.529. The number of rotatable bonds is 0. The Bertz CT molecular complexity index is 125. The Labute approximate surface area is 56.7 Å². The third kappa shape index (κ3) is 2.36. The molecule has 1 aliphatic carbocycles. The number of hydrogen-bond donors (Lipinski definition) is 1. The molecule has 0 spiro atoms. The minimum Gasteiger partial charge on any atom is -0.512 e. The molecule has 0 radical (unpaired) electrons. The van der Waals surface area contributed by atoms with Crippen LogP contribution in [-0.4, -0.2) is 5.11 Å². The third-order valence-electron chi connectivity index (χ3n) is 1.34. The lowest BCUT2D eigenvalue weighted by Gasteiger charge is -2.04. The molecule has 0 unspecified atom stereocenters. The van der Waals surface area contributed by atoms with Crippen molar-refractivity contribution in [3.8, 4) is 0 Å². The summed E-state index contributed by atoms with van der Waals surface area (Å²) in [7, 11) is 0. The van der Waals surface area contributed by atoms with Crippen molar-refractivity contribution in [1.29, 1.82) is 0 Å². The highest BCUT2D eigenvalue weighted by Crippen LogP contribution is 2.14. The molecule has 0 heterocycles. The van der Waals surface area contributed by atoms with Gasteiger partial charge in [-0.25, -0.2) is 0 Å². The molecule has 0 aromatic heterocycles. The Morgan fingerprint density at radius 3 is 2.33 bits per heavy atom. The summed E-state index contributed by atoms with van der Waals surface area (Å²) in [4.78, 5) is 0. The van der Waals surface area contributed by atoms with Crippen LogP contribution >= 0.6 is 0 Å². The van der Waals surface area contributed by atoms with Crippen LogP contribution in [0.3, 0.4) is 0 Å². The summed E-state index contributed by atoms with van der Waals surface area (Å²) >= 11 is 0. The van der Waals surface area contributed by atoms with Crippen molar-refractivity contribution in [2.45, 2.75) is 27.2 Å². The summed E-state index contributed by atoms with van der Waals surface area (Å²) < 4.78 is 0. The van der Waals surface area contributed by atoms with Crippen LogP contribution in [0.4, 0.5) is 0 Å². The van der Waals surface area contributed by atoms with Crippen molar-refractivity contribution in [2.24, 2.45) is 0 Å². The van der Waals surface area contributed by atoms with E-state index >= 15 is 0 Å². The van der Waals surface area contributed by atoms with Crippen LogP contribution in [0.5, 0.6) is 0 Å². The van der Waals surface area contributed by atoms with Gasteiger partial charge in [-0.3, -0.25) is 0 Å². The van der Waals surface area contributed by atoms with Gasteiger partial charge in [0.05, 0.1) is 5.76 Å². The van der Waals surface area contributed by atoms with Crippen LogP contribution in [0.25, 0.3) is 0 Å². The van der Waals surface area contributed by atoms with Gasteiger partial charge < -0.3 is 5.11 Å². The van der Waals surface area contributed by atoms with Crippen LogP contribution < -0.4 is 0 Å². The maximum Gasteiger partial charge on any atom is 0.0925 e. The standard InChI is InChI=1S/C7H10O.CH4/c1-6-2-4-7(8)5-3-6;/h2,4,8H,3,5H2,1H3;1H4. The summed E-state index contributed by atoms with van der Waals surface area (Å²) in [5.74, 6) is 0.510. The maximum absolute atomic E-state index is 8.84. The lowest BCUT2D eigenvalue weighted by atomic mass is 10.1. The molecule has 1 nitrogen and oxygen atoms in total.